The van der Waals surface area contributed by atoms with E-state index in [-0.39, 0.29) is 37.9 Å². The first kappa shape index (κ1) is 38.2. The van der Waals surface area contributed by atoms with Crippen LogP contribution >= 0.6 is 0 Å². The number of aliphatic hydroxyl groups is 5. The highest BCUT2D eigenvalue weighted by Gasteiger charge is 2.49. The number of fused-ring (bicyclic) bond motifs is 3. The fourth-order valence-electron chi connectivity index (χ4n) is 6.44. The molecule has 4 aliphatic rings. The molecule has 14 atom stereocenters. The van der Waals surface area contributed by atoms with Crippen LogP contribution in [-0.2, 0) is 33.3 Å². The van der Waals surface area contributed by atoms with E-state index in [0.29, 0.717) is 12.7 Å². The van der Waals surface area contributed by atoms with Crippen LogP contribution in [0.5, 0.6) is 0 Å². The van der Waals surface area contributed by atoms with Gasteiger partial charge >= 0.3 is 5.97 Å². The number of aliphatic hydroxyl groups excluding tert-OH is 4. The number of rotatable bonds is 4. The number of epoxide rings is 1. The highest BCUT2D eigenvalue weighted by atomic mass is 16.7. The van der Waals surface area contributed by atoms with E-state index in [1.54, 1.807) is 69.3 Å². The highest BCUT2D eigenvalue weighted by molar-refractivity contribution is 5.82. The lowest BCUT2D eigenvalue weighted by Crippen LogP contribution is -2.62. The van der Waals surface area contributed by atoms with Gasteiger partial charge < -0.3 is 58.9 Å². The lowest BCUT2D eigenvalue weighted by molar-refractivity contribution is -0.309. The van der Waals surface area contributed by atoms with Crippen molar-refractivity contribution in [2.75, 3.05) is 14.1 Å². The van der Waals surface area contributed by atoms with Crippen molar-refractivity contribution in [2.45, 2.75) is 125 Å². The van der Waals surface area contributed by atoms with E-state index >= 15 is 0 Å². The Morgan fingerprint density at radius 3 is 2.33 bits per heavy atom. The van der Waals surface area contributed by atoms with E-state index < -0.39 is 78.8 Å². The maximum atomic E-state index is 12.2. The van der Waals surface area contributed by atoms with Gasteiger partial charge in [-0.3, -0.25) is 0 Å². The Morgan fingerprint density at radius 1 is 0.917 bits per heavy atom. The molecule has 2 bridgehead atoms. The van der Waals surface area contributed by atoms with Gasteiger partial charge in [0.05, 0.1) is 54.7 Å². The molecule has 3 saturated heterocycles. The second-order valence-corrected chi connectivity index (χ2v) is 13.3. The predicted molar refractivity (Wildman–Crippen MR) is 173 cm³/mol. The summed E-state index contributed by atoms with van der Waals surface area (Å²) in [6.45, 7) is 3.47. The summed E-state index contributed by atoms with van der Waals surface area (Å²) in [5.41, 5.74) is 0. The molecule has 4 rings (SSSR count). The molecule has 48 heavy (non-hydrogen) atoms. The van der Waals surface area contributed by atoms with Crippen molar-refractivity contribution in [3.05, 3.63) is 60.8 Å². The minimum Gasteiger partial charge on any atom is -0.459 e. The van der Waals surface area contributed by atoms with Gasteiger partial charge in [0.2, 0.25) is 0 Å². The normalized spacial score (nSPS) is 46.6. The number of likely N-dealkylation sites (N-methyl/N-ethyl adjacent to an activating group) is 1. The first-order valence-corrected chi connectivity index (χ1v) is 16.6. The highest BCUT2D eigenvalue weighted by Crippen LogP contribution is 2.38. The maximum absolute atomic E-state index is 12.2. The minimum absolute atomic E-state index is 0.0230. The van der Waals surface area contributed by atoms with Crippen LogP contribution < -0.4 is 0 Å². The third-order valence-electron chi connectivity index (χ3n) is 9.01. The van der Waals surface area contributed by atoms with E-state index in [2.05, 4.69) is 0 Å². The number of allylic oxidation sites excluding steroid dienone is 6. The second-order valence-electron chi connectivity index (χ2n) is 13.3. The van der Waals surface area contributed by atoms with Crippen LogP contribution in [-0.4, -0.2) is 136 Å². The Bertz CT molecular complexity index is 1220. The number of hydrogen-bond donors (Lipinski definition) is 5. The van der Waals surface area contributed by atoms with Gasteiger partial charge in [0.15, 0.2) is 12.1 Å². The van der Waals surface area contributed by atoms with E-state index in [0.717, 1.165) is 0 Å². The molecular weight excluding hydrogens is 626 g/mol. The van der Waals surface area contributed by atoms with Gasteiger partial charge in [0, 0.05) is 38.2 Å². The average Bonchev–Trinajstić information content (AvgIpc) is 3.74. The molecule has 0 amide bonds. The van der Waals surface area contributed by atoms with Crippen LogP contribution in [0, 0.1) is 5.92 Å². The smallest absolute Gasteiger partial charge is 0.330 e. The molecule has 4 heterocycles. The quantitative estimate of drug-likeness (QED) is 0.160. The molecule has 0 aromatic carbocycles. The summed E-state index contributed by atoms with van der Waals surface area (Å²) in [6, 6.07) is -0.682. The molecule has 0 saturated carbocycles. The molecule has 13 nitrogen and oxygen atoms in total. The molecule has 5 N–H and O–H groups in total. The summed E-state index contributed by atoms with van der Waals surface area (Å²) in [7, 11) is 3.46. The van der Waals surface area contributed by atoms with Gasteiger partial charge in [0.1, 0.15) is 24.6 Å². The molecule has 0 aromatic heterocycles. The zero-order valence-electron chi connectivity index (χ0n) is 27.9. The van der Waals surface area contributed by atoms with Crippen molar-refractivity contribution < 1.29 is 58.8 Å². The molecular formula is C35H51NO12. The summed E-state index contributed by atoms with van der Waals surface area (Å²) >= 11 is 0. The van der Waals surface area contributed by atoms with E-state index in [1.165, 1.54) is 6.08 Å². The lowest BCUT2D eigenvalue weighted by atomic mass is 9.83. The van der Waals surface area contributed by atoms with Crippen LogP contribution in [0.2, 0.25) is 0 Å². The van der Waals surface area contributed by atoms with Crippen molar-refractivity contribution in [2.24, 2.45) is 5.92 Å². The molecule has 0 spiro atoms. The molecule has 0 radical (unpaired) electrons. The Kier molecular flexibility index (Phi) is 13.9. The Labute approximate surface area is 281 Å². The topological polar surface area (TPSA) is 188 Å². The number of carbonyl (C=O) groups is 2. The second kappa shape index (κ2) is 17.4. The first-order chi connectivity index (χ1) is 22.8. The molecule has 13 heteroatoms. The van der Waals surface area contributed by atoms with Crippen LogP contribution in [0.1, 0.15) is 46.0 Å². The zero-order valence-corrected chi connectivity index (χ0v) is 27.9. The number of nitrogens with zero attached hydrogens (tertiary/aromatic N) is 1. The van der Waals surface area contributed by atoms with Crippen LogP contribution in [0.3, 0.4) is 0 Å². The average molecular weight is 678 g/mol. The summed E-state index contributed by atoms with van der Waals surface area (Å²) in [5.74, 6) is -3.49. The summed E-state index contributed by atoms with van der Waals surface area (Å²) < 4.78 is 29.1. The number of esters is 1. The van der Waals surface area contributed by atoms with Gasteiger partial charge in [-0.25, -0.2) is 4.79 Å². The molecule has 0 aliphatic carbocycles. The lowest BCUT2D eigenvalue weighted by Gasteiger charge is -2.46. The fraction of sp³-hybridized carbons (Fsp3) is 0.657. The SMILES string of the molecule is C[C@@H]1C/C=C/C=C/C=C/C=C/[C@H](OC2O[C@H](C)[C@@H](O)[C@H](N(C)C)[C@@H]2O)C[C@@H]2O[C@](O)(C[C@@H](O)C[C@H]3O[C@@H]3/C=C/C(=O)O1)C[C@H](O)[C@H]2C=O. The Balaban J connectivity index is 1.58. The maximum Gasteiger partial charge on any atom is 0.330 e. The van der Waals surface area contributed by atoms with Crippen LogP contribution in [0.15, 0.2) is 60.8 Å². The van der Waals surface area contributed by atoms with Gasteiger partial charge in [-0.2, -0.15) is 0 Å². The van der Waals surface area contributed by atoms with E-state index in [9.17, 15) is 35.1 Å². The summed E-state index contributed by atoms with van der Waals surface area (Å²) in [6.07, 6.45) is 8.36. The minimum atomic E-state index is -1.97. The molecule has 1 unspecified atom stereocenters. The number of cyclic esters (lactones) is 1. The van der Waals surface area contributed by atoms with Crippen molar-refractivity contribution in [3.63, 3.8) is 0 Å². The van der Waals surface area contributed by atoms with Crippen LogP contribution in [0.4, 0.5) is 0 Å². The van der Waals surface area contributed by atoms with E-state index in [1.807, 2.05) is 18.2 Å². The summed E-state index contributed by atoms with van der Waals surface area (Å²) in [4.78, 5) is 26.0. The van der Waals surface area contributed by atoms with Gasteiger partial charge in [-0.05, 0) is 34.0 Å². The third kappa shape index (κ3) is 10.7. The molecule has 0 aromatic rings. The number of ether oxygens (including phenoxy) is 5. The standard InChI is InChI=1S/C35H51NO12/c1-21-12-10-8-6-5-7-9-11-13-24(46-34-33(42)31(36(3)4)32(41)22(2)45-34)17-28-25(20-37)26(39)19-35(43,48-28)18-23(38)16-29-27(47-29)14-15-30(40)44-21/h5-11,13-15,20-29,31-34,38-39,41-43H,12,16-19H2,1-4H3/b6-5+,9-7+,10-8+,13-11+,15-14+/t21-,22-,23+,24+,25-,26+,27-,28+,29-,31+,32-,33+,34?,35-/m1/s1. The molecule has 3 fully saturated rings. The Morgan fingerprint density at radius 2 is 1.62 bits per heavy atom. The third-order valence-corrected chi connectivity index (χ3v) is 9.01. The van der Waals surface area contributed by atoms with Crippen molar-refractivity contribution in [3.8, 4) is 0 Å². The van der Waals surface area contributed by atoms with Gasteiger partial charge in [-0.15, -0.1) is 0 Å². The monoisotopic (exact) mass is 677 g/mol. The van der Waals surface area contributed by atoms with Gasteiger partial charge in [0.25, 0.3) is 0 Å². The fourth-order valence-corrected chi connectivity index (χ4v) is 6.44. The van der Waals surface area contributed by atoms with Crippen molar-refractivity contribution in [1.29, 1.82) is 0 Å². The number of hydrogen-bond acceptors (Lipinski definition) is 13. The number of aldehydes is 1. The van der Waals surface area contributed by atoms with Crippen LogP contribution in [0.25, 0.3) is 0 Å². The molecule has 268 valence electrons. The first-order valence-electron chi connectivity index (χ1n) is 16.6. The largest absolute Gasteiger partial charge is 0.459 e. The van der Waals surface area contributed by atoms with Gasteiger partial charge in [-0.1, -0.05) is 48.6 Å². The zero-order chi connectivity index (χ0) is 35.0. The predicted octanol–water partition coefficient (Wildman–Crippen LogP) is 0.837. The van der Waals surface area contributed by atoms with Crippen molar-refractivity contribution in [1.82, 2.24) is 4.90 Å². The van der Waals surface area contributed by atoms with E-state index in [4.69, 9.17) is 23.7 Å². The summed E-state index contributed by atoms with van der Waals surface area (Å²) in [5, 5.41) is 55.0. The Hall–Kier alpha value is -2.56. The van der Waals surface area contributed by atoms with Crippen molar-refractivity contribution >= 4 is 12.3 Å². The number of carbonyl (C=O) groups excluding carboxylic acids is 2. The molecule has 4 aliphatic heterocycles.